The van der Waals surface area contributed by atoms with Gasteiger partial charge >= 0.3 is 0 Å². The van der Waals surface area contributed by atoms with Gasteiger partial charge in [0.05, 0.1) is 4.90 Å². The Morgan fingerprint density at radius 3 is 2.42 bits per heavy atom. The summed E-state index contributed by atoms with van der Waals surface area (Å²) in [6.45, 7) is 5.55. The summed E-state index contributed by atoms with van der Waals surface area (Å²) in [6.07, 6.45) is 4.24. The molecule has 136 valence electrons. The number of fused-ring (bicyclic) bond motifs is 1. The highest BCUT2D eigenvalue weighted by atomic mass is 35.5. The highest BCUT2D eigenvalue weighted by molar-refractivity contribution is 7.89. The molecule has 2 N–H and O–H groups in total. The van der Waals surface area contributed by atoms with Crippen LogP contribution >= 0.6 is 12.4 Å². The van der Waals surface area contributed by atoms with Gasteiger partial charge in [-0.05, 0) is 54.7 Å². The monoisotopic (exact) mass is 372 g/mol. The Bertz CT molecular complexity index is 645. The molecule has 1 saturated carbocycles. The molecule has 1 aliphatic carbocycles. The third kappa shape index (κ3) is 3.96. The topological polar surface area (TPSA) is 63.4 Å². The molecule has 1 aromatic rings. The molecule has 2 fully saturated rings. The zero-order valence-corrected chi connectivity index (χ0v) is 16.2. The molecule has 1 aliphatic heterocycles. The molecule has 0 amide bonds. The van der Waals surface area contributed by atoms with Gasteiger partial charge in [-0.25, -0.2) is 8.42 Å². The van der Waals surface area contributed by atoms with Crippen molar-refractivity contribution in [1.29, 1.82) is 0 Å². The number of halogens is 1. The molecule has 3 atom stereocenters. The lowest BCUT2D eigenvalue weighted by atomic mass is 9.78. The van der Waals surface area contributed by atoms with E-state index in [4.69, 9.17) is 5.73 Å². The van der Waals surface area contributed by atoms with Crippen molar-refractivity contribution < 1.29 is 8.42 Å². The molecule has 0 aromatic heterocycles. The Kier molecular flexibility index (Phi) is 6.35. The van der Waals surface area contributed by atoms with Crippen LogP contribution in [0.15, 0.2) is 29.2 Å². The largest absolute Gasteiger partial charge is 0.327 e. The minimum atomic E-state index is -3.39. The van der Waals surface area contributed by atoms with E-state index in [-0.39, 0.29) is 18.4 Å². The number of hydrogen-bond acceptors (Lipinski definition) is 3. The summed E-state index contributed by atoms with van der Waals surface area (Å²) >= 11 is 0. The van der Waals surface area contributed by atoms with Crippen molar-refractivity contribution in [3.63, 3.8) is 0 Å². The Hall–Kier alpha value is -0.620. The first-order chi connectivity index (χ1) is 10.9. The molecule has 3 rings (SSSR count). The van der Waals surface area contributed by atoms with E-state index < -0.39 is 10.0 Å². The molecule has 0 radical (unpaired) electrons. The highest BCUT2D eigenvalue weighted by Crippen LogP contribution is 2.37. The third-order valence-electron chi connectivity index (χ3n) is 5.33. The molecule has 24 heavy (non-hydrogen) atoms. The van der Waals surface area contributed by atoms with E-state index in [0.29, 0.717) is 35.7 Å². The third-order valence-corrected chi connectivity index (χ3v) is 7.17. The average Bonchev–Trinajstić information content (AvgIpc) is 2.93. The SMILES string of the molecule is CC(C)Cc1ccc(S(=O)(=O)N2CC3CCCC(N)C3C2)cc1.Cl. The minimum absolute atomic E-state index is 0. The second kappa shape index (κ2) is 7.73. The molecule has 2 aliphatic rings. The Morgan fingerprint density at radius 2 is 1.83 bits per heavy atom. The van der Waals surface area contributed by atoms with Crippen LogP contribution in [0.1, 0.15) is 38.7 Å². The van der Waals surface area contributed by atoms with Crippen molar-refractivity contribution in [3.8, 4) is 0 Å². The van der Waals surface area contributed by atoms with Crippen LogP contribution in [0, 0.1) is 17.8 Å². The first-order valence-electron chi connectivity index (χ1n) is 8.72. The first kappa shape index (κ1) is 19.7. The molecule has 4 nitrogen and oxygen atoms in total. The number of benzene rings is 1. The Morgan fingerprint density at radius 1 is 1.17 bits per heavy atom. The number of sulfonamides is 1. The fourth-order valence-electron chi connectivity index (χ4n) is 4.09. The molecular formula is C18H29ClN2O2S. The van der Waals surface area contributed by atoms with Crippen LogP contribution in [0.5, 0.6) is 0 Å². The summed E-state index contributed by atoms with van der Waals surface area (Å²) in [5.74, 6) is 1.34. The number of nitrogens with two attached hydrogens (primary N) is 1. The molecule has 3 unspecified atom stereocenters. The van der Waals surface area contributed by atoms with Gasteiger partial charge in [0.1, 0.15) is 0 Å². The van der Waals surface area contributed by atoms with Crippen LogP contribution in [-0.4, -0.2) is 31.9 Å². The number of nitrogens with zero attached hydrogens (tertiary/aromatic N) is 1. The van der Waals surface area contributed by atoms with Gasteiger partial charge in [0, 0.05) is 19.1 Å². The summed E-state index contributed by atoms with van der Waals surface area (Å²) < 4.78 is 27.5. The van der Waals surface area contributed by atoms with Crippen LogP contribution in [0.25, 0.3) is 0 Å². The lowest BCUT2D eigenvalue weighted by Crippen LogP contribution is -2.38. The van der Waals surface area contributed by atoms with Gasteiger partial charge in [0.15, 0.2) is 0 Å². The van der Waals surface area contributed by atoms with E-state index >= 15 is 0 Å². The molecule has 1 aromatic carbocycles. The summed E-state index contributed by atoms with van der Waals surface area (Å²) in [6, 6.07) is 7.57. The van der Waals surface area contributed by atoms with E-state index in [0.717, 1.165) is 25.7 Å². The summed E-state index contributed by atoms with van der Waals surface area (Å²) in [7, 11) is -3.39. The van der Waals surface area contributed by atoms with Gasteiger partial charge in [-0.3, -0.25) is 0 Å². The quantitative estimate of drug-likeness (QED) is 0.883. The van der Waals surface area contributed by atoms with Gasteiger partial charge < -0.3 is 5.73 Å². The number of hydrogen-bond donors (Lipinski definition) is 1. The maximum Gasteiger partial charge on any atom is 0.243 e. The predicted molar refractivity (Wildman–Crippen MR) is 99.8 cm³/mol. The fraction of sp³-hybridized carbons (Fsp3) is 0.667. The Labute approximate surface area is 152 Å². The lowest BCUT2D eigenvalue weighted by molar-refractivity contribution is 0.260. The fourth-order valence-corrected chi connectivity index (χ4v) is 5.62. The Balaban J connectivity index is 0.00000208. The van der Waals surface area contributed by atoms with Crippen molar-refractivity contribution in [3.05, 3.63) is 29.8 Å². The summed E-state index contributed by atoms with van der Waals surface area (Å²) in [5.41, 5.74) is 7.40. The van der Waals surface area contributed by atoms with Crippen LogP contribution in [0.4, 0.5) is 0 Å². The smallest absolute Gasteiger partial charge is 0.243 e. The number of rotatable bonds is 4. The molecule has 0 spiro atoms. The van der Waals surface area contributed by atoms with Crippen LogP contribution in [0.3, 0.4) is 0 Å². The second-order valence-corrected chi connectivity index (χ2v) is 9.52. The first-order valence-corrected chi connectivity index (χ1v) is 10.2. The van der Waals surface area contributed by atoms with Crippen molar-refractivity contribution in [2.24, 2.45) is 23.5 Å². The van der Waals surface area contributed by atoms with Crippen LogP contribution in [0.2, 0.25) is 0 Å². The summed E-state index contributed by atoms with van der Waals surface area (Å²) in [4.78, 5) is 0.414. The molecule has 6 heteroatoms. The standard InChI is InChI=1S/C18H28N2O2S.ClH/c1-13(2)10-14-6-8-16(9-7-14)23(21,22)20-11-15-4-3-5-18(19)17(15)12-20;/h6-9,13,15,17-18H,3-5,10-12,19H2,1-2H3;1H. The molecule has 1 saturated heterocycles. The molecule has 0 bridgehead atoms. The van der Waals surface area contributed by atoms with Crippen molar-refractivity contribution in [1.82, 2.24) is 4.31 Å². The molecular weight excluding hydrogens is 344 g/mol. The van der Waals surface area contributed by atoms with Crippen LogP contribution < -0.4 is 5.73 Å². The minimum Gasteiger partial charge on any atom is -0.327 e. The molecule has 1 heterocycles. The van der Waals surface area contributed by atoms with Crippen LogP contribution in [-0.2, 0) is 16.4 Å². The van der Waals surface area contributed by atoms with Crippen molar-refractivity contribution in [2.45, 2.75) is 50.5 Å². The normalized spacial score (nSPS) is 27.8. The van der Waals surface area contributed by atoms with E-state index in [1.165, 1.54) is 5.56 Å². The van der Waals surface area contributed by atoms with E-state index in [2.05, 4.69) is 13.8 Å². The van der Waals surface area contributed by atoms with E-state index in [1.807, 2.05) is 12.1 Å². The van der Waals surface area contributed by atoms with Gasteiger partial charge in [-0.2, -0.15) is 4.31 Å². The second-order valence-electron chi connectivity index (χ2n) is 7.58. The predicted octanol–water partition coefficient (Wildman–Crippen LogP) is 3.05. The maximum absolute atomic E-state index is 12.9. The van der Waals surface area contributed by atoms with Gasteiger partial charge in [-0.15, -0.1) is 12.4 Å². The van der Waals surface area contributed by atoms with Gasteiger partial charge in [0.25, 0.3) is 0 Å². The van der Waals surface area contributed by atoms with Crippen molar-refractivity contribution >= 4 is 22.4 Å². The van der Waals surface area contributed by atoms with Gasteiger partial charge in [0.2, 0.25) is 10.0 Å². The zero-order valence-electron chi connectivity index (χ0n) is 14.5. The lowest BCUT2D eigenvalue weighted by Gasteiger charge is -2.29. The van der Waals surface area contributed by atoms with E-state index in [9.17, 15) is 8.42 Å². The van der Waals surface area contributed by atoms with Crippen molar-refractivity contribution in [2.75, 3.05) is 13.1 Å². The zero-order chi connectivity index (χ0) is 16.6. The highest BCUT2D eigenvalue weighted by Gasteiger charge is 2.43. The van der Waals surface area contributed by atoms with E-state index in [1.54, 1.807) is 16.4 Å². The maximum atomic E-state index is 12.9. The average molecular weight is 373 g/mol. The van der Waals surface area contributed by atoms with Gasteiger partial charge in [-0.1, -0.05) is 32.4 Å². The summed E-state index contributed by atoms with van der Waals surface area (Å²) in [5, 5.41) is 0.